The normalized spacial score (nSPS) is 16.2. The molecule has 1 aromatic rings. The summed E-state index contributed by atoms with van der Waals surface area (Å²) in [6, 6.07) is 4.22. The van der Waals surface area contributed by atoms with E-state index in [0.717, 1.165) is 38.2 Å². The average molecular weight is 420 g/mol. The zero-order valence-electron chi connectivity index (χ0n) is 13.9. The van der Waals surface area contributed by atoms with E-state index in [1.54, 1.807) is 0 Å². The molecule has 6 heteroatoms. The number of hydrogen-bond donors (Lipinski definition) is 1. The molecule has 0 atom stereocenters. The highest BCUT2D eigenvalue weighted by Crippen LogP contribution is 2.17. The smallest absolute Gasteiger partial charge is 0.193 e. The molecule has 0 unspecified atom stereocenters. The Morgan fingerprint density at radius 1 is 1.45 bits per heavy atom. The predicted octanol–water partition coefficient (Wildman–Crippen LogP) is 2.47. The number of aromatic nitrogens is 1. The van der Waals surface area contributed by atoms with Crippen molar-refractivity contribution in [2.24, 2.45) is 18.0 Å². The number of guanidine groups is 1. The monoisotopic (exact) mass is 420 g/mol. The number of nitrogens with zero attached hydrogens (tertiary/aromatic N) is 3. The third kappa shape index (κ3) is 5.79. The second-order valence-electron chi connectivity index (χ2n) is 5.78. The van der Waals surface area contributed by atoms with Crippen LogP contribution in [0, 0.1) is 5.92 Å². The Morgan fingerprint density at radius 3 is 2.77 bits per heavy atom. The van der Waals surface area contributed by atoms with E-state index in [9.17, 15) is 0 Å². The Morgan fingerprint density at radius 2 is 2.18 bits per heavy atom. The lowest BCUT2D eigenvalue weighted by Gasteiger charge is -2.25. The minimum absolute atomic E-state index is 0. The number of aryl methyl sites for hydroxylation is 1. The van der Waals surface area contributed by atoms with Gasteiger partial charge < -0.3 is 19.5 Å². The molecule has 22 heavy (non-hydrogen) atoms. The number of hydrogen-bond acceptors (Lipinski definition) is 2. The second kappa shape index (κ2) is 10.1. The maximum absolute atomic E-state index is 5.40. The highest BCUT2D eigenvalue weighted by atomic mass is 127. The summed E-state index contributed by atoms with van der Waals surface area (Å²) in [6.45, 7) is 3.69. The van der Waals surface area contributed by atoms with Crippen LogP contribution in [0.5, 0.6) is 0 Å². The minimum Gasteiger partial charge on any atom is -0.381 e. The van der Waals surface area contributed by atoms with Crippen LogP contribution in [0.2, 0.25) is 0 Å². The summed E-state index contributed by atoms with van der Waals surface area (Å²) in [5.74, 6) is 1.76. The fourth-order valence-electron chi connectivity index (χ4n) is 2.79. The maximum Gasteiger partial charge on any atom is 0.193 e. The van der Waals surface area contributed by atoms with Gasteiger partial charge in [0, 0.05) is 52.8 Å². The zero-order valence-corrected chi connectivity index (χ0v) is 16.2. The molecule has 0 bridgehead atoms. The van der Waals surface area contributed by atoms with Crippen molar-refractivity contribution in [1.29, 1.82) is 0 Å². The first-order valence-electron chi connectivity index (χ1n) is 7.80. The van der Waals surface area contributed by atoms with E-state index in [0.29, 0.717) is 0 Å². The van der Waals surface area contributed by atoms with Crippen LogP contribution in [0.25, 0.3) is 0 Å². The van der Waals surface area contributed by atoms with Crippen LogP contribution in [0.1, 0.15) is 25.0 Å². The Kier molecular flexibility index (Phi) is 8.85. The summed E-state index contributed by atoms with van der Waals surface area (Å²) >= 11 is 0. The second-order valence-corrected chi connectivity index (χ2v) is 5.78. The number of halogens is 1. The topological polar surface area (TPSA) is 41.8 Å². The standard InChI is InChI=1S/C16H28N4O.HI/c1-17-16(18-9-6-14-7-11-21-12-8-14)20(3)13-15-5-4-10-19(15)2;/h4-5,10,14H,6-9,11-13H2,1-3H3,(H,17,18);1H. The molecule has 0 aromatic carbocycles. The van der Waals surface area contributed by atoms with E-state index in [1.807, 2.05) is 7.05 Å². The van der Waals surface area contributed by atoms with Crippen molar-refractivity contribution in [1.82, 2.24) is 14.8 Å². The number of nitrogens with one attached hydrogen (secondary N) is 1. The third-order valence-electron chi connectivity index (χ3n) is 4.20. The van der Waals surface area contributed by atoms with Crippen LogP contribution in [-0.2, 0) is 18.3 Å². The van der Waals surface area contributed by atoms with E-state index < -0.39 is 0 Å². The van der Waals surface area contributed by atoms with Gasteiger partial charge in [-0.1, -0.05) is 0 Å². The van der Waals surface area contributed by atoms with Gasteiger partial charge in [-0.15, -0.1) is 24.0 Å². The van der Waals surface area contributed by atoms with Gasteiger partial charge in [-0.05, 0) is 37.3 Å². The summed E-state index contributed by atoms with van der Waals surface area (Å²) in [5, 5.41) is 3.47. The fourth-order valence-corrected chi connectivity index (χ4v) is 2.79. The number of rotatable bonds is 5. The van der Waals surface area contributed by atoms with Gasteiger partial charge in [-0.2, -0.15) is 0 Å². The van der Waals surface area contributed by atoms with Crippen LogP contribution < -0.4 is 5.32 Å². The maximum atomic E-state index is 5.40. The van der Waals surface area contributed by atoms with Crippen LogP contribution >= 0.6 is 24.0 Å². The van der Waals surface area contributed by atoms with Crippen LogP contribution in [0.3, 0.4) is 0 Å². The molecular formula is C16H29IN4O. The van der Waals surface area contributed by atoms with E-state index in [-0.39, 0.29) is 24.0 Å². The zero-order chi connectivity index (χ0) is 15.1. The SMILES string of the molecule is CN=C(NCCC1CCOCC1)N(C)Cc1cccn1C.I. The van der Waals surface area contributed by atoms with Crippen LogP contribution in [-0.4, -0.2) is 49.3 Å². The van der Waals surface area contributed by atoms with Gasteiger partial charge in [-0.25, -0.2) is 0 Å². The summed E-state index contributed by atoms with van der Waals surface area (Å²) in [7, 11) is 6.00. The van der Waals surface area contributed by atoms with Gasteiger partial charge in [0.1, 0.15) is 0 Å². The Hall–Kier alpha value is -0.760. The van der Waals surface area contributed by atoms with Gasteiger partial charge in [0.2, 0.25) is 0 Å². The Labute approximate surface area is 151 Å². The third-order valence-corrected chi connectivity index (χ3v) is 4.20. The molecule has 0 radical (unpaired) electrons. The molecule has 2 heterocycles. The summed E-state index contributed by atoms with van der Waals surface area (Å²) < 4.78 is 7.55. The van der Waals surface area contributed by atoms with Crippen molar-refractivity contribution in [3.63, 3.8) is 0 Å². The fraction of sp³-hybridized carbons (Fsp3) is 0.688. The molecule has 1 aromatic heterocycles. The molecule has 2 rings (SSSR count). The molecule has 1 N–H and O–H groups in total. The Bertz CT molecular complexity index is 455. The van der Waals surface area contributed by atoms with E-state index in [2.05, 4.69) is 52.2 Å². The lowest BCUT2D eigenvalue weighted by molar-refractivity contribution is 0.0643. The van der Waals surface area contributed by atoms with E-state index in [1.165, 1.54) is 25.0 Å². The molecule has 5 nitrogen and oxygen atoms in total. The van der Waals surface area contributed by atoms with Crippen molar-refractivity contribution in [3.05, 3.63) is 24.0 Å². The van der Waals surface area contributed by atoms with Gasteiger partial charge in [0.15, 0.2) is 5.96 Å². The van der Waals surface area contributed by atoms with Gasteiger partial charge in [-0.3, -0.25) is 4.99 Å². The molecule has 1 saturated heterocycles. The minimum atomic E-state index is 0. The average Bonchev–Trinajstić information content (AvgIpc) is 2.90. The van der Waals surface area contributed by atoms with Crippen LogP contribution in [0.15, 0.2) is 23.3 Å². The number of aliphatic imine (C=N–C) groups is 1. The van der Waals surface area contributed by atoms with Crippen molar-refractivity contribution < 1.29 is 4.74 Å². The van der Waals surface area contributed by atoms with Crippen molar-refractivity contribution in [3.8, 4) is 0 Å². The molecule has 0 amide bonds. The highest BCUT2D eigenvalue weighted by Gasteiger charge is 2.14. The van der Waals surface area contributed by atoms with Crippen molar-refractivity contribution >= 4 is 29.9 Å². The first-order chi connectivity index (χ1) is 10.2. The van der Waals surface area contributed by atoms with Crippen LogP contribution in [0.4, 0.5) is 0 Å². The number of ether oxygens (including phenoxy) is 1. The largest absolute Gasteiger partial charge is 0.381 e. The Balaban J connectivity index is 0.00000242. The van der Waals surface area contributed by atoms with Gasteiger partial charge in [0.25, 0.3) is 0 Å². The summed E-state index contributed by atoms with van der Waals surface area (Å²) in [4.78, 5) is 6.54. The van der Waals surface area contributed by atoms with Gasteiger partial charge >= 0.3 is 0 Å². The lowest BCUT2D eigenvalue weighted by Crippen LogP contribution is -2.39. The van der Waals surface area contributed by atoms with Gasteiger partial charge in [0.05, 0.1) is 6.54 Å². The first kappa shape index (κ1) is 19.3. The van der Waals surface area contributed by atoms with E-state index in [4.69, 9.17) is 4.74 Å². The molecule has 0 aliphatic carbocycles. The quantitative estimate of drug-likeness (QED) is 0.452. The first-order valence-corrected chi connectivity index (χ1v) is 7.80. The van der Waals surface area contributed by atoms with Crippen molar-refractivity contribution in [2.75, 3.05) is 33.9 Å². The summed E-state index contributed by atoms with van der Waals surface area (Å²) in [6.07, 6.45) is 5.66. The predicted molar refractivity (Wildman–Crippen MR) is 102 cm³/mol. The molecule has 1 aliphatic rings. The highest BCUT2D eigenvalue weighted by molar-refractivity contribution is 14.0. The molecule has 126 valence electrons. The lowest BCUT2D eigenvalue weighted by atomic mass is 9.97. The summed E-state index contributed by atoms with van der Waals surface area (Å²) in [5.41, 5.74) is 1.28. The molecule has 0 spiro atoms. The van der Waals surface area contributed by atoms with E-state index >= 15 is 0 Å². The molecule has 0 saturated carbocycles. The molecule has 1 fully saturated rings. The molecule has 1 aliphatic heterocycles. The molecular weight excluding hydrogens is 391 g/mol. The van der Waals surface area contributed by atoms with Crippen molar-refractivity contribution in [2.45, 2.75) is 25.8 Å².